The van der Waals surface area contributed by atoms with Crippen molar-refractivity contribution in [3.05, 3.63) is 59.7 Å². The fraction of sp³-hybridized carbons (Fsp3) is 0.200. The summed E-state index contributed by atoms with van der Waals surface area (Å²) < 4.78 is 31.6. The highest BCUT2D eigenvalue weighted by Crippen LogP contribution is 2.24. The predicted octanol–water partition coefficient (Wildman–Crippen LogP) is 4.15. The predicted molar refractivity (Wildman–Crippen MR) is 71.4 cm³/mol. The number of benzene rings is 2. The van der Waals surface area contributed by atoms with Crippen LogP contribution in [0.2, 0.25) is 0 Å². The summed E-state index contributed by atoms with van der Waals surface area (Å²) in [6.07, 6.45) is 0. The maximum absolute atomic E-state index is 13.9. The van der Waals surface area contributed by atoms with Crippen molar-refractivity contribution in [2.24, 2.45) is 0 Å². The number of hydrogen-bond acceptors (Lipinski definition) is 2. The van der Waals surface area contributed by atoms with Crippen molar-refractivity contribution in [3.63, 3.8) is 0 Å². The Kier molecular flexibility index (Phi) is 4.00. The zero-order valence-electron chi connectivity index (χ0n) is 10.8. The van der Waals surface area contributed by atoms with Crippen LogP contribution < -0.4 is 10.1 Å². The van der Waals surface area contributed by atoms with Crippen molar-refractivity contribution in [2.45, 2.75) is 13.0 Å². The van der Waals surface area contributed by atoms with Crippen LogP contribution in [0, 0.1) is 11.6 Å². The first-order chi connectivity index (χ1) is 9.10. The minimum atomic E-state index is -0.332. The Hall–Kier alpha value is -2.10. The molecule has 0 aromatic heterocycles. The Bertz CT molecular complexity index is 555. The van der Waals surface area contributed by atoms with Crippen LogP contribution in [0.25, 0.3) is 0 Å². The van der Waals surface area contributed by atoms with E-state index in [0.29, 0.717) is 11.3 Å². The minimum absolute atomic E-state index is 0.226. The summed E-state index contributed by atoms with van der Waals surface area (Å²) in [6.45, 7) is 1.84. The lowest BCUT2D eigenvalue weighted by atomic mass is 10.1. The van der Waals surface area contributed by atoms with Crippen LogP contribution in [0.4, 0.5) is 14.5 Å². The largest absolute Gasteiger partial charge is 0.497 e. The smallest absolute Gasteiger partial charge is 0.132 e. The van der Waals surface area contributed by atoms with Gasteiger partial charge in [0.25, 0.3) is 0 Å². The van der Waals surface area contributed by atoms with E-state index in [9.17, 15) is 8.78 Å². The zero-order chi connectivity index (χ0) is 13.8. The number of halogens is 2. The maximum atomic E-state index is 13.9. The van der Waals surface area contributed by atoms with E-state index in [1.807, 2.05) is 6.92 Å². The summed E-state index contributed by atoms with van der Waals surface area (Å²) in [5, 5.41) is 3.12. The normalized spacial score (nSPS) is 12.0. The van der Waals surface area contributed by atoms with Gasteiger partial charge in [0.1, 0.15) is 17.4 Å². The second-order valence-corrected chi connectivity index (χ2v) is 4.26. The molecule has 0 saturated carbocycles. The highest BCUT2D eigenvalue weighted by molar-refractivity contribution is 5.45. The van der Waals surface area contributed by atoms with Gasteiger partial charge in [-0.2, -0.15) is 0 Å². The SMILES string of the molecule is COc1ccc(C(C)Nc2ccc(F)cc2)c(F)c1. The Balaban J connectivity index is 2.15. The van der Waals surface area contributed by atoms with Gasteiger partial charge in [-0.25, -0.2) is 8.78 Å². The molecule has 0 aliphatic heterocycles. The van der Waals surface area contributed by atoms with Crippen molar-refractivity contribution in [3.8, 4) is 5.75 Å². The van der Waals surface area contributed by atoms with Gasteiger partial charge in [0, 0.05) is 17.3 Å². The molecular formula is C15H15F2NO. The van der Waals surface area contributed by atoms with Gasteiger partial charge in [0.05, 0.1) is 13.2 Å². The lowest BCUT2D eigenvalue weighted by Gasteiger charge is -2.17. The van der Waals surface area contributed by atoms with Gasteiger partial charge in [-0.3, -0.25) is 0 Å². The molecule has 0 saturated heterocycles. The Morgan fingerprint density at radius 1 is 1.05 bits per heavy atom. The Morgan fingerprint density at radius 3 is 2.32 bits per heavy atom. The van der Waals surface area contributed by atoms with Gasteiger partial charge >= 0.3 is 0 Å². The number of rotatable bonds is 4. The summed E-state index contributed by atoms with van der Waals surface area (Å²) in [5.41, 5.74) is 1.27. The number of anilines is 1. The van der Waals surface area contributed by atoms with Gasteiger partial charge in [-0.15, -0.1) is 0 Å². The van der Waals surface area contributed by atoms with Gasteiger partial charge in [0.2, 0.25) is 0 Å². The van der Waals surface area contributed by atoms with Crippen LogP contribution in [0.15, 0.2) is 42.5 Å². The molecule has 2 nitrogen and oxygen atoms in total. The standard InChI is InChI=1S/C15H15F2NO/c1-10(18-12-5-3-11(16)4-6-12)14-8-7-13(19-2)9-15(14)17/h3-10,18H,1-2H3. The highest BCUT2D eigenvalue weighted by atomic mass is 19.1. The molecule has 0 heterocycles. The average molecular weight is 263 g/mol. The molecule has 0 spiro atoms. The van der Waals surface area contributed by atoms with Gasteiger partial charge < -0.3 is 10.1 Å². The van der Waals surface area contributed by atoms with Gasteiger partial charge in [-0.1, -0.05) is 6.07 Å². The molecule has 2 aromatic carbocycles. The van der Waals surface area contributed by atoms with Crippen LogP contribution in [0.5, 0.6) is 5.75 Å². The van der Waals surface area contributed by atoms with Crippen LogP contribution >= 0.6 is 0 Å². The number of methoxy groups -OCH3 is 1. The fourth-order valence-electron chi connectivity index (χ4n) is 1.86. The first-order valence-corrected chi connectivity index (χ1v) is 5.95. The number of ether oxygens (including phenoxy) is 1. The van der Waals surface area contributed by atoms with E-state index < -0.39 is 0 Å². The maximum Gasteiger partial charge on any atom is 0.132 e. The first-order valence-electron chi connectivity index (χ1n) is 5.95. The zero-order valence-corrected chi connectivity index (χ0v) is 10.8. The highest BCUT2D eigenvalue weighted by Gasteiger charge is 2.11. The van der Waals surface area contributed by atoms with Gasteiger partial charge in [0.15, 0.2) is 0 Å². The van der Waals surface area contributed by atoms with E-state index in [-0.39, 0.29) is 17.7 Å². The summed E-state index contributed by atoms with van der Waals surface area (Å²) in [7, 11) is 1.49. The summed E-state index contributed by atoms with van der Waals surface area (Å²) in [5.74, 6) is -0.148. The van der Waals surface area contributed by atoms with E-state index in [4.69, 9.17) is 4.74 Å². The van der Waals surface area contributed by atoms with Crippen molar-refractivity contribution in [1.29, 1.82) is 0 Å². The molecule has 0 radical (unpaired) electrons. The third-order valence-electron chi connectivity index (χ3n) is 2.90. The average Bonchev–Trinajstić information content (AvgIpc) is 2.41. The molecule has 1 atom stereocenters. The quantitative estimate of drug-likeness (QED) is 0.894. The third kappa shape index (κ3) is 3.22. The van der Waals surface area contributed by atoms with Crippen molar-refractivity contribution in [1.82, 2.24) is 0 Å². The second-order valence-electron chi connectivity index (χ2n) is 4.26. The van der Waals surface area contributed by atoms with E-state index in [1.165, 1.54) is 25.3 Å². The third-order valence-corrected chi connectivity index (χ3v) is 2.90. The molecule has 0 amide bonds. The molecule has 100 valence electrons. The first kappa shape index (κ1) is 13.3. The monoisotopic (exact) mass is 263 g/mol. The molecule has 0 aliphatic rings. The van der Waals surface area contributed by atoms with E-state index >= 15 is 0 Å². The molecular weight excluding hydrogens is 248 g/mol. The van der Waals surface area contributed by atoms with Crippen LogP contribution in [-0.2, 0) is 0 Å². The summed E-state index contributed by atoms with van der Waals surface area (Å²) >= 11 is 0. The Morgan fingerprint density at radius 2 is 1.74 bits per heavy atom. The van der Waals surface area contributed by atoms with Crippen LogP contribution in [0.1, 0.15) is 18.5 Å². The molecule has 0 fully saturated rings. The van der Waals surface area contributed by atoms with E-state index in [1.54, 1.807) is 24.3 Å². The topological polar surface area (TPSA) is 21.3 Å². The number of nitrogens with one attached hydrogen (secondary N) is 1. The van der Waals surface area contributed by atoms with Crippen molar-refractivity contribution in [2.75, 3.05) is 12.4 Å². The number of hydrogen-bond donors (Lipinski definition) is 1. The van der Waals surface area contributed by atoms with Gasteiger partial charge in [-0.05, 0) is 37.3 Å². The lowest BCUT2D eigenvalue weighted by Crippen LogP contribution is -2.08. The molecule has 0 bridgehead atoms. The molecule has 4 heteroatoms. The molecule has 0 aliphatic carbocycles. The van der Waals surface area contributed by atoms with Crippen LogP contribution in [-0.4, -0.2) is 7.11 Å². The summed E-state index contributed by atoms with van der Waals surface area (Å²) in [4.78, 5) is 0. The summed E-state index contributed by atoms with van der Waals surface area (Å²) in [6, 6.07) is 10.5. The van der Waals surface area contributed by atoms with E-state index in [0.717, 1.165) is 5.69 Å². The van der Waals surface area contributed by atoms with Crippen LogP contribution in [0.3, 0.4) is 0 Å². The second kappa shape index (κ2) is 5.69. The molecule has 1 unspecified atom stereocenters. The van der Waals surface area contributed by atoms with Crippen molar-refractivity contribution >= 4 is 5.69 Å². The lowest BCUT2D eigenvalue weighted by molar-refractivity contribution is 0.410. The molecule has 1 N–H and O–H groups in total. The minimum Gasteiger partial charge on any atom is -0.497 e. The fourth-order valence-corrected chi connectivity index (χ4v) is 1.86. The van der Waals surface area contributed by atoms with E-state index in [2.05, 4.69) is 5.32 Å². The molecule has 2 aromatic rings. The molecule has 2 rings (SSSR count). The Labute approximate surface area is 111 Å². The van der Waals surface area contributed by atoms with Crippen molar-refractivity contribution < 1.29 is 13.5 Å². The molecule has 19 heavy (non-hydrogen) atoms.